The molecule has 0 spiro atoms. The second kappa shape index (κ2) is 3.83. The van der Waals surface area contributed by atoms with E-state index in [1.807, 2.05) is 0 Å². The Morgan fingerprint density at radius 3 is 2.81 bits per heavy atom. The van der Waals surface area contributed by atoms with Gasteiger partial charge in [0.25, 0.3) is 0 Å². The molecule has 0 fully saturated rings. The molecule has 1 aromatic heterocycles. The highest BCUT2D eigenvalue weighted by atomic mass is 35.5. The summed E-state index contributed by atoms with van der Waals surface area (Å²) in [6, 6.07) is 5.22. The van der Waals surface area contributed by atoms with Crippen molar-refractivity contribution in [2.75, 3.05) is 0 Å². The van der Waals surface area contributed by atoms with E-state index in [-0.39, 0.29) is 0 Å². The van der Waals surface area contributed by atoms with Gasteiger partial charge in [0.2, 0.25) is 0 Å². The Hall–Kier alpha value is -1.48. The maximum Gasteiger partial charge on any atom is 0.310 e. The minimum atomic E-state index is -0.860. The normalized spacial score (nSPS) is 12.9. The van der Waals surface area contributed by atoms with Crippen molar-refractivity contribution in [1.29, 1.82) is 0 Å². The minimum Gasteiger partial charge on any atom is -0.481 e. The number of carboxylic acids is 1. The predicted molar refractivity (Wildman–Crippen MR) is 62.0 cm³/mol. The predicted octanol–water partition coefficient (Wildman–Crippen LogP) is 3.58. The monoisotopic (exact) mass is 238 g/mol. The maximum absolute atomic E-state index is 11.0. The van der Waals surface area contributed by atoms with E-state index < -0.39 is 11.9 Å². The summed E-state index contributed by atoms with van der Waals surface area (Å²) >= 11 is 5.85. The summed E-state index contributed by atoms with van der Waals surface area (Å²) in [5.41, 5.74) is 1.35. The van der Waals surface area contributed by atoms with E-state index >= 15 is 0 Å². The van der Waals surface area contributed by atoms with Gasteiger partial charge in [-0.05, 0) is 26.0 Å². The number of carboxylic acid groups (broad SMARTS) is 1. The molecule has 1 unspecified atom stereocenters. The maximum atomic E-state index is 11.0. The summed E-state index contributed by atoms with van der Waals surface area (Å²) in [4.78, 5) is 11.0. The summed E-state index contributed by atoms with van der Waals surface area (Å²) in [5, 5.41) is 10.4. The molecule has 0 radical (unpaired) electrons. The zero-order valence-corrected chi connectivity index (χ0v) is 9.71. The fraction of sp³-hybridized carbons (Fsp3) is 0.250. The molecule has 1 aromatic carbocycles. The number of hydrogen-bond donors (Lipinski definition) is 1. The van der Waals surface area contributed by atoms with Crippen LogP contribution in [0.25, 0.3) is 11.0 Å². The van der Waals surface area contributed by atoms with Crippen LogP contribution in [0.2, 0.25) is 5.02 Å². The molecule has 0 aliphatic rings. The van der Waals surface area contributed by atoms with Crippen LogP contribution in [0, 0.1) is 6.92 Å². The van der Waals surface area contributed by atoms with Crippen LogP contribution < -0.4 is 0 Å². The molecule has 1 N–H and O–H groups in total. The Balaban J connectivity index is 2.69. The van der Waals surface area contributed by atoms with Gasteiger partial charge in [-0.3, -0.25) is 4.79 Å². The molecule has 0 aliphatic heterocycles. The first-order valence-corrected chi connectivity index (χ1v) is 5.30. The molecule has 0 amide bonds. The SMILES string of the molecule is Cc1oc2cc(Cl)ccc2c1C(C)C(=O)O. The number of aryl methyl sites for hydroxylation is 1. The van der Waals surface area contributed by atoms with Gasteiger partial charge in [-0.1, -0.05) is 11.6 Å². The highest BCUT2D eigenvalue weighted by Crippen LogP contribution is 2.33. The van der Waals surface area contributed by atoms with Crippen LogP contribution in [0.1, 0.15) is 24.2 Å². The number of aliphatic carboxylic acids is 1. The molecule has 16 heavy (non-hydrogen) atoms. The smallest absolute Gasteiger partial charge is 0.310 e. The number of rotatable bonds is 2. The number of benzene rings is 1. The van der Waals surface area contributed by atoms with Gasteiger partial charge in [-0.15, -0.1) is 0 Å². The van der Waals surface area contributed by atoms with Crippen molar-refractivity contribution < 1.29 is 14.3 Å². The zero-order valence-electron chi connectivity index (χ0n) is 8.95. The molecule has 1 atom stereocenters. The fourth-order valence-electron chi connectivity index (χ4n) is 1.87. The van der Waals surface area contributed by atoms with E-state index in [9.17, 15) is 4.79 Å². The van der Waals surface area contributed by atoms with Gasteiger partial charge in [0.05, 0.1) is 5.92 Å². The Labute approximate surface area is 97.6 Å². The van der Waals surface area contributed by atoms with E-state index in [1.54, 1.807) is 32.0 Å². The Morgan fingerprint density at radius 1 is 1.50 bits per heavy atom. The first-order valence-electron chi connectivity index (χ1n) is 4.92. The van der Waals surface area contributed by atoms with Gasteiger partial charge < -0.3 is 9.52 Å². The van der Waals surface area contributed by atoms with E-state index in [4.69, 9.17) is 21.1 Å². The lowest BCUT2D eigenvalue weighted by Gasteiger charge is -2.04. The van der Waals surface area contributed by atoms with Gasteiger partial charge in [-0.2, -0.15) is 0 Å². The standard InChI is InChI=1S/C12H11ClO3/c1-6(12(14)15)11-7(2)16-10-5-8(13)3-4-9(10)11/h3-6H,1-2H3,(H,14,15). The number of carbonyl (C=O) groups is 1. The van der Waals surface area contributed by atoms with Crippen molar-refractivity contribution in [1.82, 2.24) is 0 Å². The third-order valence-corrected chi connectivity index (χ3v) is 2.91. The van der Waals surface area contributed by atoms with E-state index in [0.717, 1.165) is 10.9 Å². The Bertz CT molecular complexity index is 557. The second-order valence-electron chi connectivity index (χ2n) is 3.77. The van der Waals surface area contributed by atoms with Gasteiger partial charge in [0.15, 0.2) is 0 Å². The largest absolute Gasteiger partial charge is 0.481 e. The second-order valence-corrected chi connectivity index (χ2v) is 4.21. The molecule has 2 aromatic rings. The van der Waals surface area contributed by atoms with Crippen molar-refractivity contribution in [3.05, 3.63) is 34.5 Å². The average Bonchev–Trinajstić information content (AvgIpc) is 2.51. The summed E-state index contributed by atoms with van der Waals surface area (Å²) < 4.78 is 5.50. The van der Waals surface area contributed by atoms with Gasteiger partial charge in [0, 0.05) is 22.0 Å². The molecule has 0 saturated heterocycles. The summed E-state index contributed by atoms with van der Waals surface area (Å²) in [6.07, 6.45) is 0. The van der Waals surface area contributed by atoms with E-state index in [2.05, 4.69) is 0 Å². The summed E-state index contributed by atoms with van der Waals surface area (Å²) in [5.74, 6) is -0.810. The number of furan rings is 1. The third kappa shape index (κ3) is 1.67. The third-order valence-electron chi connectivity index (χ3n) is 2.68. The first kappa shape index (κ1) is 11.0. The van der Waals surface area contributed by atoms with Gasteiger partial charge in [0.1, 0.15) is 11.3 Å². The zero-order chi connectivity index (χ0) is 11.9. The summed E-state index contributed by atoms with van der Waals surface area (Å²) in [7, 11) is 0. The molecule has 4 heteroatoms. The minimum absolute atomic E-state index is 0.579. The lowest BCUT2D eigenvalue weighted by Crippen LogP contribution is -2.07. The molecule has 0 bridgehead atoms. The van der Waals surface area contributed by atoms with Crippen molar-refractivity contribution in [2.45, 2.75) is 19.8 Å². The molecule has 2 rings (SSSR count). The van der Waals surface area contributed by atoms with Crippen LogP contribution in [-0.2, 0) is 4.79 Å². The lowest BCUT2D eigenvalue weighted by atomic mass is 9.98. The quantitative estimate of drug-likeness (QED) is 0.870. The van der Waals surface area contributed by atoms with Crippen molar-refractivity contribution >= 4 is 28.5 Å². The van der Waals surface area contributed by atoms with Crippen LogP contribution in [0.3, 0.4) is 0 Å². The first-order chi connectivity index (χ1) is 7.50. The molecule has 0 aliphatic carbocycles. The molecule has 3 nitrogen and oxygen atoms in total. The van der Waals surface area contributed by atoms with Crippen LogP contribution in [0.4, 0.5) is 0 Å². The van der Waals surface area contributed by atoms with E-state index in [0.29, 0.717) is 16.4 Å². The molecular weight excluding hydrogens is 228 g/mol. The number of halogens is 1. The molecule has 0 saturated carbocycles. The number of fused-ring (bicyclic) bond motifs is 1. The van der Waals surface area contributed by atoms with Crippen LogP contribution in [-0.4, -0.2) is 11.1 Å². The van der Waals surface area contributed by atoms with Crippen LogP contribution in [0.5, 0.6) is 0 Å². The highest BCUT2D eigenvalue weighted by molar-refractivity contribution is 6.31. The lowest BCUT2D eigenvalue weighted by molar-refractivity contribution is -0.138. The topological polar surface area (TPSA) is 50.4 Å². The van der Waals surface area contributed by atoms with E-state index in [1.165, 1.54) is 0 Å². The number of hydrogen-bond acceptors (Lipinski definition) is 2. The molecular formula is C12H11ClO3. The summed E-state index contributed by atoms with van der Waals surface area (Å²) in [6.45, 7) is 3.41. The van der Waals surface area contributed by atoms with Gasteiger partial charge in [-0.25, -0.2) is 0 Å². The van der Waals surface area contributed by atoms with Crippen LogP contribution in [0.15, 0.2) is 22.6 Å². The van der Waals surface area contributed by atoms with Crippen LogP contribution >= 0.6 is 11.6 Å². The molecule has 1 heterocycles. The van der Waals surface area contributed by atoms with Crippen molar-refractivity contribution in [3.63, 3.8) is 0 Å². The average molecular weight is 239 g/mol. The Morgan fingerprint density at radius 2 is 2.19 bits per heavy atom. The van der Waals surface area contributed by atoms with Gasteiger partial charge >= 0.3 is 5.97 Å². The molecule has 84 valence electrons. The fourth-order valence-corrected chi connectivity index (χ4v) is 2.04. The van der Waals surface area contributed by atoms with Crippen molar-refractivity contribution in [2.24, 2.45) is 0 Å². The Kier molecular flexibility index (Phi) is 2.64. The highest BCUT2D eigenvalue weighted by Gasteiger charge is 2.22. The van der Waals surface area contributed by atoms with Crippen molar-refractivity contribution in [3.8, 4) is 0 Å².